The maximum Gasteiger partial charge on any atom is 0.149 e. The van der Waals surface area contributed by atoms with Gasteiger partial charge in [0.2, 0.25) is 0 Å². The van der Waals surface area contributed by atoms with Crippen LogP contribution in [-0.4, -0.2) is 26.9 Å². The molecule has 1 saturated heterocycles. The Labute approximate surface area is 148 Å². The highest BCUT2D eigenvalue weighted by Gasteiger charge is 2.35. The summed E-state index contributed by atoms with van der Waals surface area (Å²) < 4.78 is 17.1. The average Bonchev–Trinajstić information content (AvgIpc) is 2.66. The van der Waals surface area contributed by atoms with Crippen LogP contribution >= 0.6 is 0 Å². The van der Waals surface area contributed by atoms with Gasteiger partial charge in [0.05, 0.1) is 5.60 Å². The smallest absolute Gasteiger partial charge is 0.149 e. The fourth-order valence-corrected chi connectivity index (χ4v) is 3.06. The third-order valence-electron chi connectivity index (χ3n) is 4.46. The van der Waals surface area contributed by atoms with E-state index in [1.54, 1.807) is 7.11 Å². The third-order valence-corrected chi connectivity index (χ3v) is 4.46. The first kappa shape index (κ1) is 17.3. The molecule has 25 heavy (non-hydrogen) atoms. The molecule has 0 saturated carbocycles. The molecule has 0 amide bonds. The summed E-state index contributed by atoms with van der Waals surface area (Å²) in [6, 6.07) is 15.6. The number of benzene rings is 2. The molecule has 1 aliphatic rings. The van der Waals surface area contributed by atoms with Crippen LogP contribution in [-0.2, 0) is 15.1 Å². The lowest BCUT2D eigenvalue weighted by molar-refractivity contribution is -0.0948. The Morgan fingerprint density at radius 1 is 1.12 bits per heavy atom. The summed E-state index contributed by atoms with van der Waals surface area (Å²) in [6.07, 6.45) is 1.61. The van der Waals surface area contributed by atoms with Gasteiger partial charge in [-0.15, -0.1) is 0 Å². The van der Waals surface area contributed by atoms with Crippen molar-refractivity contribution < 1.29 is 14.2 Å². The quantitative estimate of drug-likeness (QED) is 0.687. The molecule has 0 unspecified atom stereocenters. The average molecular weight is 337 g/mol. The molecule has 0 aliphatic carbocycles. The Morgan fingerprint density at radius 3 is 2.60 bits per heavy atom. The Kier molecular flexibility index (Phi) is 5.60. The normalized spacial score (nSPS) is 15.9. The molecule has 1 heterocycles. The van der Waals surface area contributed by atoms with Gasteiger partial charge < -0.3 is 19.9 Å². The van der Waals surface area contributed by atoms with Gasteiger partial charge >= 0.3 is 0 Å². The summed E-state index contributed by atoms with van der Waals surface area (Å²) in [4.78, 5) is 0. The van der Waals surface area contributed by atoms with Crippen LogP contribution in [0.1, 0.15) is 24.0 Å². The van der Waals surface area contributed by atoms with Crippen molar-refractivity contribution in [1.82, 2.24) is 0 Å². The molecule has 1 fully saturated rings. The lowest BCUT2D eigenvalue weighted by Crippen LogP contribution is -2.35. The Bertz CT molecular complexity index is 756. The van der Waals surface area contributed by atoms with Crippen molar-refractivity contribution in [3.63, 3.8) is 0 Å². The van der Waals surface area contributed by atoms with Crippen LogP contribution in [0, 0.1) is 11.8 Å². The minimum absolute atomic E-state index is 0.306. The number of hydrogen-bond acceptors (Lipinski definition) is 4. The molecule has 1 aliphatic heterocycles. The number of anilines is 1. The van der Waals surface area contributed by atoms with Crippen LogP contribution in [0.25, 0.3) is 0 Å². The van der Waals surface area contributed by atoms with Crippen LogP contribution in [0.3, 0.4) is 0 Å². The highest BCUT2D eigenvalue weighted by Crippen LogP contribution is 2.38. The van der Waals surface area contributed by atoms with Crippen molar-refractivity contribution in [3.05, 3.63) is 59.7 Å². The fraction of sp³-hybridized carbons (Fsp3) is 0.333. The van der Waals surface area contributed by atoms with Gasteiger partial charge in [-0.05, 0) is 29.8 Å². The summed E-state index contributed by atoms with van der Waals surface area (Å²) in [5.74, 6) is 6.82. The van der Waals surface area contributed by atoms with Crippen LogP contribution in [0.4, 0.5) is 5.69 Å². The molecule has 3 rings (SSSR count). The van der Waals surface area contributed by atoms with E-state index >= 15 is 0 Å². The molecule has 130 valence electrons. The summed E-state index contributed by atoms with van der Waals surface area (Å²) in [5.41, 5.74) is 8.38. The molecular formula is C21H23NO3. The minimum atomic E-state index is -0.360. The van der Waals surface area contributed by atoms with Crippen LogP contribution in [0.5, 0.6) is 5.75 Å². The van der Waals surface area contributed by atoms with E-state index in [-0.39, 0.29) is 5.60 Å². The number of nitrogens with two attached hydrogens (primary N) is 1. The molecule has 0 radical (unpaired) electrons. The van der Waals surface area contributed by atoms with Crippen LogP contribution in [0.2, 0.25) is 0 Å². The van der Waals surface area contributed by atoms with Crippen molar-refractivity contribution in [2.24, 2.45) is 0 Å². The third kappa shape index (κ3) is 4.33. The number of hydrogen-bond donors (Lipinski definition) is 1. The van der Waals surface area contributed by atoms with Crippen LogP contribution in [0.15, 0.2) is 48.5 Å². The van der Waals surface area contributed by atoms with Gasteiger partial charge in [0.1, 0.15) is 12.4 Å². The molecule has 2 aromatic carbocycles. The summed E-state index contributed by atoms with van der Waals surface area (Å²) in [7, 11) is 1.74. The molecule has 0 aromatic heterocycles. The van der Waals surface area contributed by atoms with E-state index in [0.717, 1.165) is 24.0 Å². The first-order valence-corrected chi connectivity index (χ1v) is 8.42. The number of ether oxygens (including phenoxy) is 3. The zero-order valence-corrected chi connectivity index (χ0v) is 14.5. The second kappa shape index (κ2) is 8.06. The molecule has 2 N–H and O–H groups in total. The molecule has 4 nitrogen and oxygen atoms in total. The molecule has 4 heteroatoms. The van der Waals surface area contributed by atoms with Gasteiger partial charge in [0.25, 0.3) is 0 Å². The van der Waals surface area contributed by atoms with Gasteiger partial charge in [0, 0.05) is 50.5 Å². The monoisotopic (exact) mass is 337 g/mol. The molecule has 0 spiro atoms. The molecular weight excluding hydrogens is 314 g/mol. The van der Waals surface area contributed by atoms with Crippen molar-refractivity contribution in [2.75, 3.05) is 32.7 Å². The fourth-order valence-electron chi connectivity index (χ4n) is 3.06. The van der Waals surface area contributed by atoms with E-state index in [2.05, 4.69) is 11.8 Å². The van der Waals surface area contributed by atoms with Crippen molar-refractivity contribution >= 4 is 5.69 Å². The SMILES string of the molecule is COC1(c2cc(N)cc(OCC#Cc3ccccc3)c2)CCOCC1. The Morgan fingerprint density at radius 2 is 1.88 bits per heavy atom. The minimum Gasteiger partial charge on any atom is -0.481 e. The Balaban J connectivity index is 1.72. The predicted octanol–water partition coefficient (Wildman–Crippen LogP) is 3.35. The standard InChI is InChI=1S/C21H23NO3/c1-23-21(9-12-24-13-10-21)18-14-19(22)16-20(15-18)25-11-5-8-17-6-3-2-4-7-17/h2-4,6-7,14-16H,9-13,22H2,1H3. The van der Waals surface area contributed by atoms with Gasteiger partial charge in [-0.2, -0.15) is 0 Å². The molecule has 0 atom stereocenters. The van der Waals surface area contributed by atoms with Crippen molar-refractivity contribution in [1.29, 1.82) is 0 Å². The van der Waals surface area contributed by atoms with Gasteiger partial charge in [-0.25, -0.2) is 0 Å². The molecule has 0 bridgehead atoms. The topological polar surface area (TPSA) is 53.7 Å². The lowest BCUT2D eigenvalue weighted by atomic mass is 9.86. The second-order valence-electron chi connectivity index (χ2n) is 6.06. The van der Waals surface area contributed by atoms with Gasteiger partial charge in [-0.1, -0.05) is 30.0 Å². The van der Waals surface area contributed by atoms with E-state index in [9.17, 15) is 0 Å². The first-order valence-electron chi connectivity index (χ1n) is 8.42. The van der Waals surface area contributed by atoms with Crippen molar-refractivity contribution in [3.8, 4) is 17.6 Å². The zero-order valence-electron chi connectivity index (χ0n) is 14.5. The summed E-state index contributed by atoms with van der Waals surface area (Å²) >= 11 is 0. The van der Waals surface area contributed by atoms with E-state index in [4.69, 9.17) is 19.9 Å². The lowest BCUT2D eigenvalue weighted by Gasteiger charge is -2.36. The number of rotatable bonds is 4. The highest BCUT2D eigenvalue weighted by atomic mass is 16.5. The number of nitrogen functional groups attached to an aromatic ring is 1. The maximum absolute atomic E-state index is 6.07. The van der Waals surface area contributed by atoms with Crippen LogP contribution < -0.4 is 10.5 Å². The highest BCUT2D eigenvalue weighted by molar-refractivity contribution is 5.49. The van der Waals surface area contributed by atoms with E-state index < -0.39 is 0 Å². The Hall–Kier alpha value is -2.48. The summed E-state index contributed by atoms with van der Waals surface area (Å²) in [6.45, 7) is 1.67. The largest absolute Gasteiger partial charge is 0.481 e. The van der Waals surface area contributed by atoms with Gasteiger partial charge in [0.15, 0.2) is 0 Å². The predicted molar refractivity (Wildman–Crippen MR) is 98.4 cm³/mol. The first-order chi connectivity index (χ1) is 12.2. The van der Waals surface area contributed by atoms with E-state index in [1.807, 2.05) is 48.5 Å². The maximum atomic E-state index is 6.07. The van der Waals surface area contributed by atoms with E-state index in [0.29, 0.717) is 31.3 Å². The van der Waals surface area contributed by atoms with E-state index in [1.165, 1.54) is 0 Å². The summed E-state index contributed by atoms with van der Waals surface area (Å²) in [5, 5.41) is 0. The van der Waals surface area contributed by atoms with Gasteiger partial charge in [-0.3, -0.25) is 0 Å². The number of methoxy groups -OCH3 is 1. The molecule has 2 aromatic rings. The van der Waals surface area contributed by atoms with Crippen molar-refractivity contribution in [2.45, 2.75) is 18.4 Å². The zero-order chi connectivity index (χ0) is 17.5. The second-order valence-corrected chi connectivity index (χ2v) is 6.06.